The monoisotopic (exact) mass is 261 g/mol. The highest BCUT2D eigenvalue weighted by Crippen LogP contribution is 2.24. The molecule has 1 N–H and O–H groups in total. The van der Waals surface area contributed by atoms with Crippen LogP contribution in [0.5, 0.6) is 5.75 Å². The number of halogens is 1. The Morgan fingerprint density at radius 1 is 1.26 bits per heavy atom. The minimum absolute atomic E-state index is 0.100. The van der Waals surface area contributed by atoms with E-state index < -0.39 is 11.8 Å². The Morgan fingerprint density at radius 3 is 2.74 bits per heavy atom. The average Bonchev–Trinajstić information content (AvgIpc) is 2.38. The second kappa shape index (κ2) is 5.48. The first-order chi connectivity index (χ1) is 9.10. The highest BCUT2D eigenvalue weighted by molar-refractivity contribution is 5.89. The van der Waals surface area contributed by atoms with Gasteiger partial charge in [0.1, 0.15) is 11.6 Å². The first-order valence-electron chi connectivity index (χ1n) is 5.72. The second-order valence-corrected chi connectivity index (χ2v) is 3.88. The van der Waals surface area contributed by atoms with Crippen LogP contribution in [0, 0.1) is 5.82 Å². The van der Waals surface area contributed by atoms with Crippen molar-refractivity contribution in [2.45, 2.75) is 6.92 Å². The number of carboxylic acid groups (broad SMARTS) is 1. The lowest BCUT2D eigenvalue weighted by molar-refractivity contribution is 0.0696. The third-order valence-electron chi connectivity index (χ3n) is 2.50. The van der Waals surface area contributed by atoms with Crippen molar-refractivity contribution >= 4 is 5.97 Å². The third kappa shape index (κ3) is 3.07. The van der Waals surface area contributed by atoms with E-state index in [1.807, 2.05) is 6.92 Å². The Morgan fingerprint density at radius 2 is 2.05 bits per heavy atom. The van der Waals surface area contributed by atoms with E-state index in [0.29, 0.717) is 23.5 Å². The number of rotatable bonds is 4. The van der Waals surface area contributed by atoms with Gasteiger partial charge in [0.05, 0.1) is 18.4 Å². The van der Waals surface area contributed by atoms with Crippen molar-refractivity contribution in [2.75, 3.05) is 6.61 Å². The molecule has 0 amide bonds. The molecule has 0 bridgehead atoms. The number of hydrogen-bond acceptors (Lipinski definition) is 3. The largest absolute Gasteiger partial charge is 0.492 e. The summed E-state index contributed by atoms with van der Waals surface area (Å²) in [6.45, 7) is 2.34. The van der Waals surface area contributed by atoms with Crippen LogP contribution in [0.15, 0.2) is 36.7 Å². The first kappa shape index (κ1) is 13.0. The van der Waals surface area contributed by atoms with Crippen LogP contribution in [-0.4, -0.2) is 22.7 Å². The van der Waals surface area contributed by atoms with Gasteiger partial charge in [-0.2, -0.15) is 0 Å². The standard InChI is InChI=1S/C14H12FNO3/c1-2-19-13-6-11(7-16-8-13)9-3-10(14(17)18)5-12(15)4-9/h3-8H,2H2,1H3,(H,17,18). The maximum Gasteiger partial charge on any atom is 0.335 e. The number of nitrogens with zero attached hydrogens (tertiary/aromatic N) is 1. The van der Waals surface area contributed by atoms with Crippen molar-refractivity contribution in [1.29, 1.82) is 0 Å². The zero-order chi connectivity index (χ0) is 13.8. The Kier molecular flexibility index (Phi) is 3.75. The number of benzene rings is 1. The van der Waals surface area contributed by atoms with Gasteiger partial charge in [0.2, 0.25) is 0 Å². The van der Waals surface area contributed by atoms with Gasteiger partial charge in [0.25, 0.3) is 0 Å². The molecule has 0 saturated heterocycles. The summed E-state index contributed by atoms with van der Waals surface area (Å²) in [4.78, 5) is 14.9. The van der Waals surface area contributed by atoms with E-state index >= 15 is 0 Å². The van der Waals surface area contributed by atoms with E-state index in [1.165, 1.54) is 18.3 Å². The minimum Gasteiger partial charge on any atom is -0.492 e. The minimum atomic E-state index is -1.17. The van der Waals surface area contributed by atoms with Crippen LogP contribution in [0.3, 0.4) is 0 Å². The number of aromatic nitrogens is 1. The smallest absolute Gasteiger partial charge is 0.335 e. The molecule has 19 heavy (non-hydrogen) atoms. The van der Waals surface area contributed by atoms with E-state index in [0.717, 1.165) is 6.07 Å². The van der Waals surface area contributed by atoms with Crippen molar-refractivity contribution in [3.8, 4) is 16.9 Å². The van der Waals surface area contributed by atoms with E-state index in [2.05, 4.69) is 4.98 Å². The van der Waals surface area contributed by atoms with Gasteiger partial charge in [0.15, 0.2) is 0 Å². The van der Waals surface area contributed by atoms with Crippen molar-refractivity contribution < 1.29 is 19.0 Å². The highest BCUT2D eigenvalue weighted by Gasteiger charge is 2.09. The van der Waals surface area contributed by atoms with Crippen LogP contribution in [0.25, 0.3) is 11.1 Å². The Labute approximate surface area is 109 Å². The van der Waals surface area contributed by atoms with Crippen LogP contribution >= 0.6 is 0 Å². The molecule has 1 aromatic heterocycles. The van der Waals surface area contributed by atoms with Crippen molar-refractivity contribution in [2.24, 2.45) is 0 Å². The zero-order valence-corrected chi connectivity index (χ0v) is 10.3. The molecule has 0 spiro atoms. The predicted molar refractivity (Wildman–Crippen MR) is 67.8 cm³/mol. The molecule has 1 heterocycles. The molecule has 0 aliphatic heterocycles. The molecule has 5 heteroatoms. The molecule has 98 valence electrons. The van der Waals surface area contributed by atoms with E-state index in [9.17, 15) is 9.18 Å². The maximum atomic E-state index is 13.4. The van der Waals surface area contributed by atoms with Gasteiger partial charge in [-0.15, -0.1) is 0 Å². The molecule has 0 radical (unpaired) electrons. The molecule has 2 aromatic rings. The van der Waals surface area contributed by atoms with Gasteiger partial charge in [-0.1, -0.05) is 0 Å². The predicted octanol–water partition coefficient (Wildman–Crippen LogP) is 2.98. The molecule has 0 unspecified atom stereocenters. The number of carbonyl (C=O) groups is 1. The molecule has 4 nitrogen and oxygen atoms in total. The maximum absolute atomic E-state index is 13.4. The number of ether oxygens (including phenoxy) is 1. The Bertz CT molecular complexity index is 613. The molecule has 0 aliphatic rings. The Balaban J connectivity index is 2.46. The summed E-state index contributed by atoms with van der Waals surface area (Å²) >= 11 is 0. The van der Waals surface area contributed by atoms with Crippen LogP contribution in [-0.2, 0) is 0 Å². The van der Waals surface area contributed by atoms with Crippen LogP contribution in [0.2, 0.25) is 0 Å². The molecule has 2 rings (SSSR count). The lowest BCUT2D eigenvalue weighted by atomic mass is 10.0. The Hall–Kier alpha value is -2.43. The molecular weight excluding hydrogens is 249 g/mol. The number of aromatic carboxylic acids is 1. The van der Waals surface area contributed by atoms with Crippen molar-refractivity contribution in [1.82, 2.24) is 4.98 Å². The number of hydrogen-bond donors (Lipinski definition) is 1. The molecular formula is C14H12FNO3. The van der Waals surface area contributed by atoms with Gasteiger partial charge in [-0.05, 0) is 36.8 Å². The SMILES string of the molecule is CCOc1cncc(-c2cc(F)cc(C(=O)O)c2)c1. The zero-order valence-electron chi connectivity index (χ0n) is 10.3. The van der Waals surface area contributed by atoms with Gasteiger partial charge in [-0.25, -0.2) is 9.18 Å². The summed E-state index contributed by atoms with van der Waals surface area (Å²) in [6, 6.07) is 5.33. The average molecular weight is 261 g/mol. The highest BCUT2D eigenvalue weighted by atomic mass is 19.1. The molecule has 0 fully saturated rings. The van der Waals surface area contributed by atoms with E-state index in [1.54, 1.807) is 12.3 Å². The van der Waals surface area contributed by atoms with E-state index in [4.69, 9.17) is 9.84 Å². The van der Waals surface area contributed by atoms with Gasteiger partial charge >= 0.3 is 5.97 Å². The summed E-state index contributed by atoms with van der Waals surface area (Å²) in [6.07, 6.45) is 3.08. The fraction of sp³-hybridized carbons (Fsp3) is 0.143. The first-order valence-corrected chi connectivity index (χ1v) is 5.72. The fourth-order valence-corrected chi connectivity index (χ4v) is 1.70. The van der Waals surface area contributed by atoms with Crippen LogP contribution < -0.4 is 4.74 Å². The van der Waals surface area contributed by atoms with Gasteiger partial charge in [0, 0.05) is 11.8 Å². The second-order valence-electron chi connectivity index (χ2n) is 3.88. The van der Waals surface area contributed by atoms with Crippen molar-refractivity contribution in [3.63, 3.8) is 0 Å². The van der Waals surface area contributed by atoms with Crippen LogP contribution in [0.4, 0.5) is 4.39 Å². The molecule has 0 saturated carbocycles. The quantitative estimate of drug-likeness (QED) is 0.919. The van der Waals surface area contributed by atoms with Crippen molar-refractivity contribution in [3.05, 3.63) is 48.0 Å². The number of carboxylic acids is 1. The lowest BCUT2D eigenvalue weighted by Crippen LogP contribution is -1.98. The molecule has 1 aromatic carbocycles. The summed E-state index contributed by atoms with van der Waals surface area (Å²) in [7, 11) is 0. The lowest BCUT2D eigenvalue weighted by Gasteiger charge is -2.06. The number of pyridine rings is 1. The summed E-state index contributed by atoms with van der Waals surface area (Å²) < 4.78 is 18.7. The van der Waals surface area contributed by atoms with E-state index in [-0.39, 0.29) is 5.56 Å². The summed E-state index contributed by atoms with van der Waals surface area (Å²) in [5.41, 5.74) is 0.955. The molecule has 0 aliphatic carbocycles. The summed E-state index contributed by atoms with van der Waals surface area (Å²) in [5, 5.41) is 8.91. The topological polar surface area (TPSA) is 59.4 Å². The van der Waals surface area contributed by atoms with Gasteiger partial charge < -0.3 is 9.84 Å². The van der Waals surface area contributed by atoms with Crippen LogP contribution in [0.1, 0.15) is 17.3 Å². The summed E-state index contributed by atoms with van der Waals surface area (Å²) in [5.74, 6) is -1.22. The third-order valence-corrected chi connectivity index (χ3v) is 2.50. The molecule has 0 atom stereocenters. The fourth-order valence-electron chi connectivity index (χ4n) is 1.70. The van der Waals surface area contributed by atoms with Gasteiger partial charge in [-0.3, -0.25) is 4.98 Å². The normalized spacial score (nSPS) is 10.2.